The van der Waals surface area contributed by atoms with Gasteiger partial charge in [0.15, 0.2) is 0 Å². The number of hydrogen-bond donors (Lipinski definition) is 1. The Kier molecular flexibility index (Phi) is 4.86. The molecule has 0 spiro atoms. The van der Waals surface area contributed by atoms with Crippen LogP contribution in [0.15, 0.2) is 12.3 Å². The maximum atomic E-state index is 5.27. The molecule has 0 unspecified atom stereocenters. The van der Waals surface area contributed by atoms with Gasteiger partial charge in [0.05, 0.1) is 13.2 Å². The average Bonchev–Trinajstić information content (AvgIpc) is 2.14. The predicted octanol–water partition coefficient (Wildman–Crippen LogP) is 0.832. The molecule has 1 saturated heterocycles. The van der Waals surface area contributed by atoms with Gasteiger partial charge in [-0.05, 0) is 19.9 Å². The first-order valence-electron chi connectivity index (χ1n) is 4.98. The Morgan fingerprint density at radius 1 is 1.46 bits per heavy atom. The molecule has 1 fully saturated rings. The smallest absolute Gasteiger partial charge is 0.0594 e. The van der Waals surface area contributed by atoms with Gasteiger partial charge in [-0.1, -0.05) is 6.58 Å². The highest BCUT2D eigenvalue weighted by Crippen LogP contribution is 1.97. The summed E-state index contributed by atoms with van der Waals surface area (Å²) < 4.78 is 5.27. The summed E-state index contributed by atoms with van der Waals surface area (Å²) in [6, 6.07) is 0. The highest BCUT2D eigenvalue weighted by molar-refractivity contribution is 4.83. The van der Waals surface area contributed by atoms with Crippen LogP contribution in [0, 0.1) is 0 Å². The molecule has 1 aliphatic heterocycles. The van der Waals surface area contributed by atoms with Crippen LogP contribution in [0.4, 0.5) is 0 Å². The normalized spacial score (nSPS) is 18.5. The zero-order valence-corrected chi connectivity index (χ0v) is 8.51. The molecule has 0 amide bonds. The van der Waals surface area contributed by atoms with Crippen molar-refractivity contribution in [1.29, 1.82) is 0 Å². The lowest BCUT2D eigenvalue weighted by Crippen LogP contribution is -2.37. The van der Waals surface area contributed by atoms with Crippen LogP contribution >= 0.6 is 0 Å². The van der Waals surface area contributed by atoms with Crippen LogP contribution in [0.3, 0.4) is 0 Å². The minimum atomic E-state index is 0.897. The molecular weight excluding hydrogens is 164 g/mol. The molecule has 0 aliphatic carbocycles. The second kappa shape index (κ2) is 6.00. The zero-order valence-electron chi connectivity index (χ0n) is 8.51. The van der Waals surface area contributed by atoms with Crippen LogP contribution in [-0.2, 0) is 4.74 Å². The molecule has 76 valence electrons. The lowest BCUT2D eigenvalue weighted by Gasteiger charge is -2.26. The summed E-state index contributed by atoms with van der Waals surface area (Å²) in [5, 5.41) is 3.23. The van der Waals surface area contributed by atoms with Crippen LogP contribution < -0.4 is 5.32 Å². The van der Waals surface area contributed by atoms with Gasteiger partial charge in [0.25, 0.3) is 0 Å². The molecule has 0 radical (unpaired) electrons. The van der Waals surface area contributed by atoms with E-state index in [1.165, 1.54) is 13.0 Å². The lowest BCUT2D eigenvalue weighted by atomic mass is 10.3. The Morgan fingerprint density at radius 3 is 2.77 bits per heavy atom. The van der Waals surface area contributed by atoms with Crippen molar-refractivity contribution in [3.63, 3.8) is 0 Å². The maximum absolute atomic E-state index is 5.27. The van der Waals surface area contributed by atoms with Crippen molar-refractivity contribution in [2.75, 3.05) is 39.4 Å². The second-order valence-corrected chi connectivity index (χ2v) is 3.51. The van der Waals surface area contributed by atoms with Gasteiger partial charge in [-0.25, -0.2) is 0 Å². The summed E-state index contributed by atoms with van der Waals surface area (Å²) in [5.74, 6) is 0. The maximum Gasteiger partial charge on any atom is 0.0594 e. The first kappa shape index (κ1) is 10.5. The van der Waals surface area contributed by atoms with Crippen molar-refractivity contribution < 1.29 is 4.74 Å². The Balaban J connectivity index is 1.95. The molecule has 1 aliphatic rings. The van der Waals surface area contributed by atoms with Gasteiger partial charge in [-0.15, -0.1) is 0 Å². The van der Waals surface area contributed by atoms with Crippen molar-refractivity contribution >= 4 is 0 Å². The van der Waals surface area contributed by atoms with E-state index in [0.29, 0.717) is 0 Å². The van der Waals surface area contributed by atoms with Crippen LogP contribution in [0.1, 0.15) is 13.3 Å². The van der Waals surface area contributed by atoms with Gasteiger partial charge in [-0.2, -0.15) is 0 Å². The Morgan fingerprint density at radius 2 is 2.15 bits per heavy atom. The van der Waals surface area contributed by atoms with Crippen molar-refractivity contribution in [2.45, 2.75) is 13.3 Å². The predicted molar refractivity (Wildman–Crippen MR) is 54.7 cm³/mol. The largest absolute Gasteiger partial charge is 0.389 e. The van der Waals surface area contributed by atoms with Gasteiger partial charge < -0.3 is 10.1 Å². The Bertz CT molecular complexity index is 153. The van der Waals surface area contributed by atoms with Crippen LogP contribution in [0.2, 0.25) is 0 Å². The van der Waals surface area contributed by atoms with Crippen LogP contribution in [-0.4, -0.2) is 44.3 Å². The first-order valence-corrected chi connectivity index (χ1v) is 4.98. The molecule has 3 nitrogen and oxygen atoms in total. The molecular formula is C10H20N2O. The fourth-order valence-corrected chi connectivity index (χ4v) is 1.43. The van der Waals surface area contributed by atoms with E-state index >= 15 is 0 Å². The van der Waals surface area contributed by atoms with Gasteiger partial charge in [0.1, 0.15) is 0 Å². The van der Waals surface area contributed by atoms with Gasteiger partial charge in [-0.3, -0.25) is 4.90 Å². The highest BCUT2D eigenvalue weighted by atomic mass is 16.5. The summed E-state index contributed by atoms with van der Waals surface area (Å²) in [7, 11) is 0. The lowest BCUT2D eigenvalue weighted by molar-refractivity contribution is 0.0375. The van der Waals surface area contributed by atoms with E-state index in [2.05, 4.69) is 16.8 Å². The molecule has 0 atom stereocenters. The number of nitrogens with zero attached hydrogens (tertiary/aromatic N) is 1. The average molecular weight is 184 g/mol. The molecule has 0 bridgehead atoms. The van der Waals surface area contributed by atoms with E-state index in [1.54, 1.807) is 0 Å². The SMILES string of the molecule is C=C(C)NCCCN1CCOCC1. The molecule has 3 heteroatoms. The topological polar surface area (TPSA) is 24.5 Å². The van der Waals surface area contributed by atoms with E-state index in [1.807, 2.05) is 6.92 Å². The van der Waals surface area contributed by atoms with Gasteiger partial charge >= 0.3 is 0 Å². The quantitative estimate of drug-likeness (QED) is 0.641. The highest BCUT2D eigenvalue weighted by Gasteiger charge is 2.08. The zero-order chi connectivity index (χ0) is 9.52. The fourth-order valence-electron chi connectivity index (χ4n) is 1.43. The number of rotatable bonds is 5. The first-order chi connectivity index (χ1) is 6.29. The number of morpholine rings is 1. The minimum Gasteiger partial charge on any atom is -0.389 e. The minimum absolute atomic E-state index is 0.897. The molecule has 1 rings (SSSR count). The summed E-state index contributed by atoms with van der Waals surface area (Å²) >= 11 is 0. The van der Waals surface area contributed by atoms with Crippen molar-refractivity contribution in [2.24, 2.45) is 0 Å². The summed E-state index contributed by atoms with van der Waals surface area (Å²) in [6.07, 6.45) is 1.19. The van der Waals surface area contributed by atoms with Crippen LogP contribution in [0.5, 0.6) is 0 Å². The fraction of sp³-hybridized carbons (Fsp3) is 0.800. The van der Waals surface area contributed by atoms with Crippen molar-refractivity contribution in [1.82, 2.24) is 10.2 Å². The molecule has 0 aromatic rings. The van der Waals surface area contributed by atoms with E-state index in [0.717, 1.165) is 38.5 Å². The third kappa shape index (κ3) is 4.90. The summed E-state index contributed by atoms with van der Waals surface area (Å²) in [6.45, 7) is 12.0. The number of hydrogen-bond acceptors (Lipinski definition) is 3. The molecule has 13 heavy (non-hydrogen) atoms. The molecule has 1 heterocycles. The van der Waals surface area contributed by atoms with Gasteiger partial charge in [0.2, 0.25) is 0 Å². The van der Waals surface area contributed by atoms with E-state index < -0.39 is 0 Å². The number of nitrogens with one attached hydrogen (secondary N) is 1. The molecule has 1 N–H and O–H groups in total. The third-order valence-corrected chi connectivity index (χ3v) is 2.18. The van der Waals surface area contributed by atoms with Gasteiger partial charge in [0, 0.05) is 25.3 Å². The van der Waals surface area contributed by atoms with E-state index in [4.69, 9.17) is 4.74 Å². The van der Waals surface area contributed by atoms with E-state index in [9.17, 15) is 0 Å². The summed E-state index contributed by atoms with van der Waals surface area (Å²) in [5.41, 5.74) is 1.06. The molecule has 0 saturated carbocycles. The monoisotopic (exact) mass is 184 g/mol. The second-order valence-electron chi connectivity index (χ2n) is 3.51. The Labute approximate surface area is 80.8 Å². The third-order valence-electron chi connectivity index (χ3n) is 2.18. The standard InChI is InChI=1S/C10H20N2O/c1-10(2)11-4-3-5-12-6-8-13-9-7-12/h11H,1,3-9H2,2H3. The number of ether oxygens (including phenoxy) is 1. The van der Waals surface area contributed by atoms with Crippen molar-refractivity contribution in [3.8, 4) is 0 Å². The molecule has 0 aromatic carbocycles. The Hall–Kier alpha value is -0.540. The van der Waals surface area contributed by atoms with Crippen LogP contribution in [0.25, 0.3) is 0 Å². The number of allylic oxidation sites excluding steroid dienone is 1. The molecule has 0 aromatic heterocycles. The summed E-state index contributed by atoms with van der Waals surface area (Å²) in [4.78, 5) is 2.45. The van der Waals surface area contributed by atoms with E-state index in [-0.39, 0.29) is 0 Å². The van der Waals surface area contributed by atoms with Crippen molar-refractivity contribution in [3.05, 3.63) is 12.3 Å².